The van der Waals surface area contributed by atoms with Crippen LogP contribution < -0.4 is 5.32 Å². The number of nitrogens with one attached hydrogen (secondary N) is 1. The fourth-order valence-electron chi connectivity index (χ4n) is 8.78. The molecule has 0 bridgehead atoms. The topological polar surface area (TPSA) is 307 Å². The predicted molar refractivity (Wildman–Crippen MR) is 277 cm³/mol. The van der Waals surface area contributed by atoms with Crippen molar-refractivity contribution in [3.8, 4) is 0 Å². The minimum Gasteiger partial charge on any atom is -0.394 e. The molecule has 1 amide bonds. The molecule has 3 saturated heterocycles. The summed E-state index contributed by atoms with van der Waals surface area (Å²) in [5, 5.41) is 119. The first-order chi connectivity index (χ1) is 35.8. The summed E-state index contributed by atoms with van der Waals surface area (Å²) in [6.07, 6.45) is 16.2. The maximum Gasteiger partial charge on any atom is 0.220 e. The highest BCUT2D eigenvalue weighted by atomic mass is 16.8. The predicted octanol–water partition coefficient (Wildman–Crippen LogP) is 3.09. The van der Waals surface area contributed by atoms with Crippen molar-refractivity contribution in [2.24, 2.45) is 0 Å². The molecule has 0 radical (unpaired) electrons. The normalized spacial score (nSPS) is 32.0. The standard InChI is InChI=1S/C55H93NO18/c1-3-5-7-9-11-12-13-14-15-16-17-18-19-20-21-22-23-24-25-26-27-29-31-33-43(61)56-38(39(60)32-30-28-10-8-6-4-2)37-69-53-49(67)46(64)51(41(35-58)71-53)74-55-50(68)47(65)52(42(36-59)72-55)73-54-48(66)45(63)44(62)40(34-57)70-54/h5,7,11-12,14-15,17-18,20-21,23-24,38-42,44-55,57-60,62-68H,3-4,6,8-10,13,16,19,22,25-37H2,1-2H3,(H,56,61)/b7-5-,12-11-,15-14-,18-17-,21-20-,24-23-. The maximum absolute atomic E-state index is 13.2. The minimum absolute atomic E-state index is 0.231. The van der Waals surface area contributed by atoms with Crippen molar-refractivity contribution in [2.75, 3.05) is 26.4 Å². The lowest BCUT2D eigenvalue weighted by Crippen LogP contribution is -2.66. The first kappa shape index (κ1) is 65.5. The van der Waals surface area contributed by atoms with Gasteiger partial charge in [-0.1, -0.05) is 138 Å². The van der Waals surface area contributed by atoms with E-state index in [4.69, 9.17) is 28.4 Å². The molecule has 19 heteroatoms. The molecule has 3 fully saturated rings. The number of hydrogen-bond acceptors (Lipinski definition) is 18. The zero-order valence-electron chi connectivity index (χ0n) is 43.8. The Bertz CT molecular complexity index is 1640. The molecule has 3 aliphatic rings. The average Bonchev–Trinajstić information content (AvgIpc) is 3.40. The second kappa shape index (κ2) is 38.7. The molecule has 0 spiro atoms. The van der Waals surface area contributed by atoms with Crippen LogP contribution in [0.15, 0.2) is 72.9 Å². The number of carbonyl (C=O) groups excluding carboxylic acids is 1. The van der Waals surface area contributed by atoms with Crippen LogP contribution in [-0.4, -0.2) is 193 Å². The van der Waals surface area contributed by atoms with Crippen molar-refractivity contribution >= 4 is 5.91 Å². The number of rotatable bonds is 37. The molecular formula is C55H93NO18. The summed E-state index contributed by atoms with van der Waals surface area (Å²) in [6.45, 7) is 1.53. The Balaban J connectivity index is 1.45. The van der Waals surface area contributed by atoms with Crippen LogP contribution in [0.3, 0.4) is 0 Å². The van der Waals surface area contributed by atoms with E-state index < -0.39 is 124 Å². The molecule has 0 aliphatic carbocycles. The van der Waals surface area contributed by atoms with Crippen molar-refractivity contribution in [3.63, 3.8) is 0 Å². The van der Waals surface area contributed by atoms with E-state index >= 15 is 0 Å². The van der Waals surface area contributed by atoms with Gasteiger partial charge in [-0.25, -0.2) is 0 Å². The van der Waals surface area contributed by atoms with E-state index in [1.54, 1.807) is 0 Å². The molecule has 3 aliphatic heterocycles. The number of aliphatic hydroxyl groups is 11. The van der Waals surface area contributed by atoms with Gasteiger partial charge in [-0.05, 0) is 64.2 Å². The van der Waals surface area contributed by atoms with Gasteiger partial charge in [0.15, 0.2) is 18.9 Å². The van der Waals surface area contributed by atoms with Gasteiger partial charge in [0.25, 0.3) is 0 Å². The highest BCUT2D eigenvalue weighted by molar-refractivity contribution is 5.76. The van der Waals surface area contributed by atoms with Gasteiger partial charge in [0.2, 0.25) is 5.91 Å². The van der Waals surface area contributed by atoms with E-state index in [2.05, 4.69) is 92.1 Å². The highest BCUT2D eigenvalue weighted by Gasteiger charge is 2.53. The molecule has 74 heavy (non-hydrogen) atoms. The summed E-state index contributed by atoms with van der Waals surface area (Å²) < 4.78 is 34.1. The smallest absolute Gasteiger partial charge is 0.220 e. The zero-order chi connectivity index (χ0) is 54.1. The maximum atomic E-state index is 13.2. The molecule has 0 aromatic carbocycles. The van der Waals surface area contributed by atoms with Crippen LogP contribution >= 0.6 is 0 Å². The SMILES string of the molecule is CC/C=C\C/C=C\C/C=C\C/C=C\C/C=C\C/C=C\CCCCCCC(=O)NC(COC1OC(CO)C(OC2OC(CO)C(OC3OC(CO)C(O)C(O)C3O)C(O)C2O)C(O)C1O)C(O)CCCCCCCC. The second-order valence-corrected chi connectivity index (χ2v) is 19.3. The molecule has 0 aromatic heterocycles. The molecule has 3 heterocycles. The van der Waals surface area contributed by atoms with Crippen molar-refractivity contribution < 1.29 is 89.4 Å². The Morgan fingerprint density at radius 2 is 0.932 bits per heavy atom. The molecule has 19 nitrogen and oxygen atoms in total. The van der Waals surface area contributed by atoms with Gasteiger partial charge in [0.1, 0.15) is 73.2 Å². The van der Waals surface area contributed by atoms with Gasteiger partial charge in [-0.15, -0.1) is 0 Å². The van der Waals surface area contributed by atoms with Crippen molar-refractivity contribution in [1.82, 2.24) is 5.32 Å². The minimum atomic E-state index is -1.98. The van der Waals surface area contributed by atoms with Crippen LogP contribution in [0.1, 0.15) is 136 Å². The van der Waals surface area contributed by atoms with Crippen LogP contribution in [-0.2, 0) is 33.2 Å². The fourth-order valence-corrected chi connectivity index (χ4v) is 8.78. The number of carbonyl (C=O) groups is 1. The largest absolute Gasteiger partial charge is 0.394 e. The quantitative estimate of drug-likeness (QED) is 0.0314. The molecule has 426 valence electrons. The molecule has 3 rings (SSSR count). The van der Waals surface area contributed by atoms with Gasteiger partial charge >= 0.3 is 0 Å². The number of ether oxygens (including phenoxy) is 6. The molecular weight excluding hydrogens is 963 g/mol. The Morgan fingerprint density at radius 3 is 1.46 bits per heavy atom. The fraction of sp³-hybridized carbons (Fsp3) is 0.764. The summed E-state index contributed by atoms with van der Waals surface area (Å²) in [4.78, 5) is 13.2. The first-order valence-electron chi connectivity index (χ1n) is 27.2. The molecule has 17 unspecified atom stereocenters. The van der Waals surface area contributed by atoms with Crippen LogP contribution in [0.5, 0.6) is 0 Å². The average molecular weight is 1060 g/mol. The first-order valence-corrected chi connectivity index (χ1v) is 27.2. The molecule has 17 atom stereocenters. The van der Waals surface area contributed by atoms with Crippen LogP contribution in [0.25, 0.3) is 0 Å². The second-order valence-electron chi connectivity index (χ2n) is 19.3. The van der Waals surface area contributed by atoms with Gasteiger partial charge in [0.05, 0.1) is 38.6 Å². The monoisotopic (exact) mass is 1060 g/mol. The van der Waals surface area contributed by atoms with Crippen LogP contribution in [0.2, 0.25) is 0 Å². The van der Waals surface area contributed by atoms with Crippen molar-refractivity contribution in [2.45, 2.75) is 240 Å². The van der Waals surface area contributed by atoms with Crippen molar-refractivity contribution in [3.05, 3.63) is 72.9 Å². The Morgan fingerprint density at radius 1 is 0.500 bits per heavy atom. The number of allylic oxidation sites excluding steroid dienone is 12. The lowest BCUT2D eigenvalue weighted by molar-refractivity contribution is -0.379. The van der Waals surface area contributed by atoms with Gasteiger partial charge in [-0.3, -0.25) is 4.79 Å². The lowest BCUT2D eigenvalue weighted by atomic mass is 9.96. The van der Waals surface area contributed by atoms with Crippen LogP contribution in [0, 0.1) is 0 Å². The van der Waals surface area contributed by atoms with E-state index in [1.807, 2.05) is 0 Å². The van der Waals surface area contributed by atoms with Gasteiger partial charge < -0.3 is 89.9 Å². The number of hydrogen-bond donors (Lipinski definition) is 12. The number of unbranched alkanes of at least 4 members (excludes halogenated alkanes) is 9. The van der Waals surface area contributed by atoms with E-state index in [0.29, 0.717) is 19.3 Å². The van der Waals surface area contributed by atoms with Gasteiger partial charge in [-0.2, -0.15) is 0 Å². The summed E-state index contributed by atoms with van der Waals surface area (Å²) >= 11 is 0. The molecule has 12 N–H and O–H groups in total. The Kier molecular flexibility index (Phi) is 34.3. The lowest BCUT2D eigenvalue weighted by Gasteiger charge is -2.48. The van der Waals surface area contributed by atoms with Gasteiger partial charge in [0, 0.05) is 6.42 Å². The third-order valence-corrected chi connectivity index (χ3v) is 13.3. The zero-order valence-corrected chi connectivity index (χ0v) is 43.8. The van der Waals surface area contributed by atoms with Crippen molar-refractivity contribution in [1.29, 1.82) is 0 Å². The number of amides is 1. The summed E-state index contributed by atoms with van der Waals surface area (Å²) in [7, 11) is 0. The third-order valence-electron chi connectivity index (χ3n) is 13.3. The third kappa shape index (κ3) is 23.5. The highest BCUT2D eigenvalue weighted by Crippen LogP contribution is 2.33. The summed E-state index contributed by atoms with van der Waals surface area (Å²) in [6, 6.07) is -0.901. The summed E-state index contributed by atoms with van der Waals surface area (Å²) in [5.41, 5.74) is 0. The van der Waals surface area contributed by atoms with E-state index in [-0.39, 0.29) is 18.9 Å². The van der Waals surface area contributed by atoms with E-state index in [1.165, 1.54) is 0 Å². The Labute approximate surface area is 438 Å². The number of aliphatic hydroxyl groups excluding tert-OH is 11. The molecule has 0 saturated carbocycles. The van der Waals surface area contributed by atoms with E-state index in [9.17, 15) is 61.0 Å². The Hall–Kier alpha value is -2.77. The van der Waals surface area contributed by atoms with Crippen LogP contribution in [0.4, 0.5) is 0 Å². The molecule has 0 aromatic rings. The summed E-state index contributed by atoms with van der Waals surface area (Å²) in [5.74, 6) is -0.278. The van der Waals surface area contributed by atoms with E-state index in [0.717, 1.165) is 96.3 Å².